The van der Waals surface area contributed by atoms with E-state index in [9.17, 15) is 4.39 Å². The van der Waals surface area contributed by atoms with Gasteiger partial charge in [0.2, 0.25) is 0 Å². The highest BCUT2D eigenvalue weighted by atomic mass is 19.1. The van der Waals surface area contributed by atoms with Gasteiger partial charge in [0.25, 0.3) is 0 Å². The molecule has 30 heavy (non-hydrogen) atoms. The van der Waals surface area contributed by atoms with E-state index >= 15 is 0 Å². The summed E-state index contributed by atoms with van der Waals surface area (Å²) in [5.74, 6) is 1.04. The first-order valence-corrected chi connectivity index (χ1v) is 9.99. The minimum absolute atomic E-state index is 0.262. The van der Waals surface area contributed by atoms with Crippen molar-refractivity contribution in [2.45, 2.75) is 33.4 Å². The van der Waals surface area contributed by atoms with Crippen LogP contribution in [0.1, 0.15) is 27.8 Å². The first kappa shape index (κ1) is 21.4. The molecular weight excluding hydrogens is 377 g/mol. The summed E-state index contributed by atoms with van der Waals surface area (Å²) in [6, 6.07) is 16.8. The molecule has 0 aliphatic heterocycles. The zero-order valence-electron chi connectivity index (χ0n) is 17.8. The van der Waals surface area contributed by atoms with Gasteiger partial charge in [-0.1, -0.05) is 24.3 Å². The summed E-state index contributed by atoms with van der Waals surface area (Å²) in [6.07, 6.45) is 2.48. The van der Waals surface area contributed by atoms with Crippen molar-refractivity contribution in [2.75, 3.05) is 12.4 Å². The predicted octanol–water partition coefficient (Wildman–Crippen LogP) is 6.37. The smallest absolute Gasteiger partial charge is 0.165 e. The summed E-state index contributed by atoms with van der Waals surface area (Å²) in [6.45, 7) is 9.00. The van der Waals surface area contributed by atoms with Crippen molar-refractivity contribution in [2.24, 2.45) is 0 Å². The second-order valence-corrected chi connectivity index (χ2v) is 7.35. The van der Waals surface area contributed by atoms with Gasteiger partial charge in [0, 0.05) is 17.8 Å². The molecule has 0 fully saturated rings. The lowest BCUT2D eigenvalue weighted by atomic mass is 10.0. The molecule has 3 rings (SSSR count). The van der Waals surface area contributed by atoms with Crippen LogP contribution in [0.15, 0.2) is 67.3 Å². The quantitative estimate of drug-likeness (QED) is 0.420. The Morgan fingerprint density at radius 2 is 1.83 bits per heavy atom. The summed E-state index contributed by atoms with van der Waals surface area (Å²) in [4.78, 5) is 0. The Labute approximate surface area is 178 Å². The molecule has 1 N–H and O–H groups in total. The van der Waals surface area contributed by atoms with Gasteiger partial charge in [-0.05, 0) is 78.9 Å². The standard InChI is InChI=1S/C26H28FNO2/c1-5-7-22-13-21(16-28-24-11-10-18(2)19(3)12-24)15-25(29-4)26(22)30-17-20-8-6-9-23(27)14-20/h5-6,8-15,28H,1,7,16-17H2,2-4H3. The lowest BCUT2D eigenvalue weighted by Crippen LogP contribution is -2.05. The molecule has 0 aliphatic rings. The van der Waals surface area contributed by atoms with E-state index in [1.807, 2.05) is 18.2 Å². The Morgan fingerprint density at radius 1 is 1.00 bits per heavy atom. The minimum atomic E-state index is -0.276. The number of nitrogens with one attached hydrogen (secondary N) is 1. The maximum absolute atomic E-state index is 13.5. The average molecular weight is 406 g/mol. The van der Waals surface area contributed by atoms with Crippen LogP contribution in [0.4, 0.5) is 10.1 Å². The second kappa shape index (κ2) is 9.97. The molecule has 0 saturated heterocycles. The van der Waals surface area contributed by atoms with Crippen molar-refractivity contribution in [3.8, 4) is 11.5 Å². The average Bonchev–Trinajstić information content (AvgIpc) is 2.73. The van der Waals surface area contributed by atoms with Gasteiger partial charge < -0.3 is 14.8 Å². The molecule has 0 aliphatic carbocycles. The first-order chi connectivity index (χ1) is 14.5. The van der Waals surface area contributed by atoms with E-state index in [0.717, 1.165) is 22.4 Å². The van der Waals surface area contributed by atoms with E-state index in [4.69, 9.17) is 9.47 Å². The van der Waals surface area contributed by atoms with Gasteiger partial charge in [0.1, 0.15) is 12.4 Å². The molecule has 0 saturated carbocycles. The zero-order chi connectivity index (χ0) is 21.5. The van der Waals surface area contributed by atoms with Gasteiger partial charge in [-0.2, -0.15) is 0 Å². The Bertz CT molecular complexity index is 1030. The fourth-order valence-electron chi connectivity index (χ4n) is 3.29. The number of hydrogen-bond acceptors (Lipinski definition) is 3. The van der Waals surface area contributed by atoms with E-state index in [0.29, 0.717) is 24.5 Å². The Kier molecular flexibility index (Phi) is 7.12. The van der Waals surface area contributed by atoms with Gasteiger partial charge in [-0.15, -0.1) is 6.58 Å². The maximum Gasteiger partial charge on any atom is 0.165 e. The minimum Gasteiger partial charge on any atom is -0.493 e. The van der Waals surface area contributed by atoms with Gasteiger partial charge in [-0.3, -0.25) is 0 Å². The number of aryl methyl sites for hydroxylation is 2. The van der Waals surface area contributed by atoms with Crippen molar-refractivity contribution in [3.05, 3.63) is 101 Å². The van der Waals surface area contributed by atoms with Crippen molar-refractivity contribution in [1.29, 1.82) is 0 Å². The van der Waals surface area contributed by atoms with E-state index in [2.05, 4.69) is 50.0 Å². The fraction of sp³-hybridized carbons (Fsp3) is 0.231. The van der Waals surface area contributed by atoms with Crippen LogP contribution in [0.3, 0.4) is 0 Å². The molecule has 0 amide bonds. The third-order valence-corrected chi connectivity index (χ3v) is 5.05. The Balaban J connectivity index is 1.81. The Hall–Kier alpha value is -3.27. The highest BCUT2D eigenvalue weighted by molar-refractivity contribution is 5.53. The predicted molar refractivity (Wildman–Crippen MR) is 121 cm³/mol. The van der Waals surface area contributed by atoms with Crippen LogP contribution in [-0.2, 0) is 19.6 Å². The molecule has 3 aromatic carbocycles. The summed E-state index contributed by atoms with van der Waals surface area (Å²) in [5.41, 5.74) is 6.44. The largest absolute Gasteiger partial charge is 0.493 e. The van der Waals surface area contributed by atoms with Gasteiger partial charge in [0.05, 0.1) is 7.11 Å². The lowest BCUT2D eigenvalue weighted by molar-refractivity contribution is 0.281. The van der Waals surface area contributed by atoms with Crippen molar-refractivity contribution >= 4 is 5.69 Å². The number of anilines is 1. The molecule has 0 spiro atoms. The SMILES string of the molecule is C=CCc1cc(CNc2ccc(C)c(C)c2)cc(OC)c1OCc1cccc(F)c1. The topological polar surface area (TPSA) is 30.5 Å². The number of hydrogen-bond donors (Lipinski definition) is 1. The maximum atomic E-state index is 13.5. The molecule has 0 atom stereocenters. The summed E-state index contributed by atoms with van der Waals surface area (Å²) >= 11 is 0. The van der Waals surface area contributed by atoms with Crippen molar-refractivity contribution < 1.29 is 13.9 Å². The highest BCUT2D eigenvalue weighted by Crippen LogP contribution is 2.34. The Morgan fingerprint density at radius 3 is 2.53 bits per heavy atom. The summed E-state index contributed by atoms with van der Waals surface area (Å²) in [5, 5.41) is 3.47. The number of ether oxygens (including phenoxy) is 2. The van der Waals surface area contributed by atoms with Gasteiger partial charge in [0.15, 0.2) is 11.5 Å². The molecule has 156 valence electrons. The van der Waals surface area contributed by atoms with E-state index in [-0.39, 0.29) is 12.4 Å². The molecule has 3 nitrogen and oxygen atoms in total. The van der Waals surface area contributed by atoms with Crippen LogP contribution in [-0.4, -0.2) is 7.11 Å². The molecule has 0 bridgehead atoms. The fourth-order valence-corrected chi connectivity index (χ4v) is 3.29. The first-order valence-electron chi connectivity index (χ1n) is 9.99. The third-order valence-electron chi connectivity index (χ3n) is 5.05. The van der Waals surface area contributed by atoms with Crippen LogP contribution in [0.25, 0.3) is 0 Å². The number of rotatable bonds is 9. The molecule has 0 unspecified atom stereocenters. The van der Waals surface area contributed by atoms with Gasteiger partial charge >= 0.3 is 0 Å². The van der Waals surface area contributed by atoms with E-state index < -0.39 is 0 Å². The molecule has 4 heteroatoms. The number of benzene rings is 3. The van der Waals surface area contributed by atoms with Gasteiger partial charge in [-0.25, -0.2) is 4.39 Å². The zero-order valence-corrected chi connectivity index (χ0v) is 17.8. The summed E-state index contributed by atoms with van der Waals surface area (Å²) < 4.78 is 25.1. The number of halogens is 1. The molecule has 0 heterocycles. The number of methoxy groups -OCH3 is 1. The van der Waals surface area contributed by atoms with Crippen LogP contribution in [0.5, 0.6) is 11.5 Å². The normalized spacial score (nSPS) is 10.5. The third kappa shape index (κ3) is 5.41. The van der Waals surface area contributed by atoms with Crippen LogP contribution in [0.2, 0.25) is 0 Å². The van der Waals surface area contributed by atoms with E-state index in [1.54, 1.807) is 13.2 Å². The van der Waals surface area contributed by atoms with Crippen LogP contribution < -0.4 is 14.8 Å². The lowest BCUT2D eigenvalue weighted by Gasteiger charge is -2.17. The monoisotopic (exact) mass is 405 g/mol. The molecular formula is C26H28FNO2. The second-order valence-electron chi connectivity index (χ2n) is 7.35. The molecule has 0 aromatic heterocycles. The number of allylic oxidation sites excluding steroid dienone is 1. The molecule has 0 radical (unpaired) electrons. The van der Waals surface area contributed by atoms with Crippen LogP contribution in [0, 0.1) is 19.7 Å². The highest BCUT2D eigenvalue weighted by Gasteiger charge is 2.13. The molecule has 3 aromatic rings. The van der Waals surface area contributed by atoms with Crippen molar-refractivity contribution in [3.63, 3.8) is 0 Å². The van der Waals surface area contributed by atoms with Crippen molar-refractivity contribution in [1.82, 2.24) is 0 Å². The summed E-state index contributed by atoms with van der Waals surface area (Å²) in [7, 11) is 1.63. The van der Waals surface area contributed by atoms with E-state index in [1.165, 1.54) is 23.3 Å². The van der Waals surface area contributed by atoms with Crippen LogP contribution >= 0.6 is 0 Å².